The van der Waals surface area contributed by atoms with Crippen molar-refractivity contribution in [3.05, 3.63) is 22.3 Å². The van der Waals surface area contributed by atoms with Gasteiger partial charge in [0.2, 0.25) is 0 Å². The van der Waals surface area contributed by atoms with Crippen LogP contribution in [0.3, 0.4) is 0 Å². The van der Waals surface area contributed by atoms with Crippen molar-refractivity contribution >= 4 is 21.8 Å². The molecule has 0 bridgehead atoms. The number of fused-ring (bicyclic) bond motifs is 1. The number of halogens is 1. The molecule has 4 nitrogen and oxygen atoms in total. The topological polar surface area (TPSA) is 47.9 Å². The summed E-state index contributed by atoms with van der Waals surface area (Å²) in [4.78, 5) is 4.27. The van der Waals surface area contributed by atoms with Crippen LogP contribution < -0.4 is 5.43 Å². The Balaban J connectivity index is 2.41. The molecule has 0 aromatic carbocycles. The zero-order valence-electron chi connectivity index (χ0n) is 8.08. The molecular formula is C9H12BrN3O. The Bertz CT molecular complexity index is 352. The normalized spacial score (nSPS) is 21.4. The molecule has 2 heterocycles. The summed E-state index contributed by atoms with van der Waals surface area (Å²) < 4.78 is 0.926. The largest absolute Gasteiger partial charge is 0.384 e. The van der Waals surface area contributed by atoms with Gasteiger partial charge in [-0.2, -0.15) is 0 Å². The lowest BCUT2D eigenvalue weighted by atomic mass is 10.0. The highest BCUT2D eigenvalue weighted by Gasteiger charge is 2.32. The van der Waals surface area contributed by atoms with E-state index in [0.717, 1.165) is 16.0 Å². The molecule has 0 aromatic rings. The minimum Gasteiger partial charge on any atom is -0.384 e. The van der Waals surface area contributed by atoms with Crippen LogP contribution in [-0.4, -0.2) is 28.2 Å². The minimum atomic E-state index is -0.873. The number of hydrazine groups is 1. The Hall–Kier alpha value is -0.650. The van der Waals surface area contributed by atoms with Crippen molar-refractivity contribution in [2.45, 2.75) is 19.4 Å². The maximum atomic E-state index is 9.93. The second-order valence-electron chi connectivity index (χ2n) is 3.76. The Morgan fingerprint density at radius 1 is 1.57 bits per heavy atom. The number of aliphatic imine (C=N–C) groups is 1. The summed E-state index contributed by atoms with van der Waals surface area (Å²) in [6, 6.07) is 0. The van der Waals surface area contributed by atoms with E-state index in [-0.39, 0.29) is 0 Å². The summed E-state index contributed by atoms with van der Waals surface area (Å²) in [6.07, 6.45) is 3.77. The molecule has 2 aliphatic rings. The highest BCUT2D eigenvalue weighted by atomic mass is 79.9. The highest BCUT2D eigenvalue weighted by molar-refractivity contribution is 9.12. The number of nitrogens with zero attached hydrogens (tertiary/aromatic N) is 2. The van der Waals surface area contributed by atoms with E-state index in [4.69, 9.17) is 0 Å². The second-order valence-corrected chi connectivity index (χ2v) is 4.61. The van der Waals surface area contributed by atoms with E-state index in [9.17, 15) is 5.11 Å². The van der Waals surface area contributed by atoms with Gasteiger partial charge in [0.15, 0.2) is 5.84 Å². The van der Waals surface area contributed by atoms with Crippen molar-refractivity contribution < 1.29 is 5.11 Å². The van der Waals surface area contributed by atoms with Gasteiger partial charge in [0.1, 0.15) is 12.3 Å². The SMILES string of the molecule is CC(C)(O)C1=CC=C(Br)C2=NCNN12. The average Bonchev–Trinajstić information content (AvgIpc) is 2.50. The van der Waals surface area contributed by atoms with Crippen molar-refractivity contribution in [2.24, 2.45) is 4.99 Å². The minimum absolute atomic E-state index is 0.547. The van der Waals surface area contributed by atoms with Gasteiger partial charge in [-0.15, -0.1) is 0 Å². The van der Waals surface area contributed by atoms with E-state index in [1.54, 1.807) is 13.8 Å². The zero-order valence-corrected chi connectivity index (χ0v) is 9.67. The molecule has 2 rings (SSSR count). The first-order valence-electron chi connectivity index (χ1n) is 4.39. The molecule has 0 aromatic heterocycles. The molecule has 0 atom stereocenters. The van der Waals surface area contributed by atoms with Crippen LogP contribution in [0.2, 0.25) is 0 Å². The first-order chi connectivity index (χ1) is 6.50. The van der Waals surface area contributed by atoms with E-state index in [1.807, 2.05) is 17.2 Å². The van der Waals surface area contributed by atoms with Gasteiger partial charge >= 0.3 is 0 Å². The summed E-state index contributed by atoms with van der Waals surface area (Å²) in [5, 5.41) is 11.7. The van der Waals surface area contributed by atoms with Crippen LogP contribution in [0.15, 0.2) is 27.3 Å². The second kappa shape index (κ2) is 3.18. The number of allylic oxidation sites excluding steroid dienone is 2. The van der Waals surface area contributed by atoms with Crippen molar-refractivity contribution in [2.75, 3.05) is 6.67 Å². The van der Waals surface area contributed by atoms with Gasteiger partial charge in [0.05, 0.1) is 10.2 Å². The lowest BCUT2D eigenvalue weighted by Crippen LogP contribution is -2.45. The quantitative estimate of drug-likeness (QED) is 0.740. The van der Waals surface area contributed by atoms with Gasteiger partial charge in [0, 0.05) is 0 Å². The van der Waals surface area contributed by atoms with Crippen molar-refractivity contribution in [3.8, 4) is 0 Å². The Morgan fingerprint density at radius 3 is 2.93 bits per heavy atom. The standard InChI is InChI=1S/C9H12BrN3O/c1-9(2,14)7-4-3-6(10)8-11-5-12-13(7)8/h3-4,12,14H,5H2,1-2H3. The number of hydrogen-bond donors (Lipinski definition) is 2. The predicted molar refractivity (Wildman–Crippen MR) is 58.7 cm³/mol. The van der Waals surface area contributed by atoms with Crippen LogP contribution in [0, 0.1) is 0 Å². The third-order valence-corrected chi connectivity index (χ3v) is 2.76. The number of rotatable bonds is 1. The fraction of sp³-hybridized carbons (Fsp3) is 0.444. The Kier molecular flexibility index (Phi) is 2.25. The van der Waals surface area contributed by atoms with Gasteiger partial charge in [-0.25, -0.2) is 10.4 Å². The van der Waals surface area contributed by atoms with Gasteiger partial charge in [-0.3, -0.25) is 5.01 Å². The van der Waals surface area contributed by atoms with Crippen LogP contribution in [0.4, 0.5) is 0 Å². The summed E-state index contributed by atoms with van der Waals surface area (Å²) in [7, 11) is 0. The van der Waals surface area contributed by atoms with Gasteiger partial charge in [0.25, 0.3) is 0 Å². The van der Waals surface area contributed by atoms with Gasteiger partial charge in [-0.1, -0.05) is 0 Å². The highest BCUT2D eigenvalue weighted by Crippen LogP contribution is 2.28. The molecule has 0 unspecified atom stereocenters. The van der Waals surface area contributed by atoms with E-state index in [2.05, 4.69) is 26.3 Å². The van der Waals surface area contributed by atoms with Crippen LogP contribution in [0.5, 0.6) is 0 Å². The van der Waals surface area contributed by atoms with Crippen LogP contribution >= 0.6 is 15.9 Å². The molecule has 0 amide bonds. The summed E-state index contributed by atoms with van der Waals surface area (Å²) in [5.74, 6) is 0.824. The van der Waals surface area contributed by atoms with E-state index in [1.165, 1.54) is 0 Å². The molecule has 0 radical (unpaired) electrons. The number of nitrogens with one attached hydrogen (secondary N) is 1. The molecule has 2 aliphatic heterocycles. The average molecular weight is 258 g/mol. The van der Waals surface area contributed by atoms with Crippen molar-refractivity contribution in [3.63, 3.8) is 0 Å². The predicted octanol–water partition coefficient (Wildman–Crippen LogP) is 1.11. The van der Waals surface area contributed by atoms with Crippen LogP contribution in [-0.2, 0) is 0 Å². The monoisotopic (exact) mass is 257 g/mol. The first kappa shape index (κ1) is 9.89. The third-order valence-electron chi connectivity index (χ3n) is 2.14. The maximum Gasteiger partial charge on any atom is 0.158 e. The fourth-order valence-electron chi connectivity index (χ4n) is 1.49. The molecule has 5 heteroatoms. The summed E-state index contributed by atoms with van der Waals surface area (Å²) in [5.41, 5.74) is 3.01. The molecule has 0 saturated carbocycles. The number of hydrogen-bond acceptors (Lipinski definition) is 4. The number of amidine groups is 1. The van der Waals surface area contributed by atoms with Crippen LogP contribution in [0.1, 0.15) is 13.8 Å². The van der Waals surface area contributed by atoms with Crippen LogP contribution in [0.25, 0.3) is 0 Å². The van der Waals surface area contributed by atoms with E-state index >= 15 is 0 Å². The first-order valence-corrected chi connectivity index (χ1v) is 5.18. The lowest BCUT2D eigenvalue weighted by Gasteiger charge is -2.32. The Morgan fingerprint density at radius 2 is 2.29 bits per heavy atom. The molecule has 0 aliphatic carbocycles. The molecule has 0 saturated heterocycles. The Labute approximate surface area is 91.1 Å². The number of aliphatic hydroxyl groups is 1. The summed E-state index contributed by atoms with van der Waals surface area (Å²) in [6.45, 7) is 4.05. The van der Waals surface area contributed by atoms with E-state index < -0.39 is 5.60 Å². The lowest BCUT2D eigenvalue weighted by molar-refractivity contribution is 0.0896. The van der Waals surface area contributed by atoms with Crippen molar-refractivity contribution in [1.29, 1.82) is 0 Å². The van der Waals surface area contributed by atoms with Gasteiger partial charge < -0.3 is 5.11 Å². The molecule has 76 valence electrons. The van der Waals surface area contributed by atoms with Crippen molar-refractivity contribution in [1.82, 2.24) is 10.4 Å². The van der Waals surface area contributed by atoms with Gasteiger partial charge in [-0.05, 0) is 41.9 Å². The maximum absolute atomic E-state index is 9.93. The molecule has 14 heavy (non-hydrogen) atoms. The third kappa shape index (κ3) is 1.51. The molecular weight excluding hydrogens is 246 g/mol. The fourth-order valence-corrected chi connectivity index (χ4v) is 1.92. The molecule has 0 spiro atoms. The van der Waals surface area contributed by atoms with E-state index in [0.29, 0.717) is 6.67 Å². The molecule has 0 fully saturated rings. The smallest absolute Gasteiger partial charge is 0.158 e. The molecule has 2 N–H and O–H groups in total. The summed E-state index contributed by atoms with van der Waals surface area (Å²) >= 11 is 3.41. The zero-order chi connectivity index (χ0) is 10.3.